The standard InChI is InChI=1S/C13H20FNO2S/c1-9(2)10(3)18(16,17)8-12-4-11(7-15)5-13(14)6-12/h4-6,9-10H,7-8,15H2,1-3H3. The highest BCUT2D eigenvalue weighted by atomic mass is 32.2. The number of benzene rings is 1. The molecule has 0 spiro atoms. The van der Waals surface area contributed by atoms with Crippen LogP contribution >= 0.6 is 0 Å². The molecule has 0 saturated heterocycles. The van der Waals surface area contributed by atoms with Gasteiger partial charge in [0, 0.05) is 6.54 Å². The minimum atomic E-state index is -3.26. The first-order valence-corrected chi connectivity index (χ1v) is 7.67. The first-order valence-electron chi connectivity index (χ1n) is 5.96. The smallest absolute Gasteiger partial charge is 0.157 e. The molecule has 0 aliphatic rings. The molecule has 0 fully saturated rings. The fourth-order valence-electron chi connectivity index (χ4n) is 1.70. The van der Waals surface area contributed by atoms with Crippen LogP contribution in [-0.4, -0.2) is 13.7 Å². The van der Waals surface area contributed by atoms with E-state index in [1.807, 2.05) is 13.8 Å². The molecule has 1 rings (SSSR count). The molecule has 0 heterocycles. The molecule has 0 bridgehead atoms. The molecule has 0 saturated carbocycles. The number of hydrogen-bond donors (Lipinski definition) is 1. The Balaban J connectivity index is 3.01. The van der Waals surface area contributed by atoms with E-state index in [4.69, 9.17) is 5.73 Å². The fraction of sp³-hybridized carbons (Fsp3) is 0.538. The molecule has 0 aliphatic heterocycles. The third kappa shape index (κ3) is 3.78. The number of rotatable bonds is 5. The molecule has 18 heavy (non-hydrogen) atoms. The third-order valence-corrected chi connectivity index (χ3v) is 5.54. The second-order valence-corrected chi connectivity index (χ2v) is 7.29. The van der Waals surface area contributed by atoms with E-state index in [9.17, 15) is 12.8 Å². The lowest BCUT2D eigenvalue weighted by molar-refractivity contribution is 0.545. The van der Waals surface area contributed by atoms with Crippen molar-refractivity contribution < 1.29 is 12.8 Å². The normalized spacial score (nSPS) is 13.9. The van der Waals surface area contributed by atoms with Gasteiger partial charge in [0.05, 0.1) is 11.0 Å². The molecule has 0 radical (unpaired) electrons. The molecule has 0 amide bonds. The summed E-state index contributed by atoms with van der Waals surface area (Å²) in [6, 6.07) is 4.22. The molecule has 3 nitrogen and oxygen atoms in total. The monoisotopic (exact) mass is 273 g/mol. The molecular weight excluding hydrogens is 253 g/mol. The van der Waals surface area contributed by atoms with Crippen molar-refractivity contribution in [3.63, 3.8) is 0 Å². The highest BCUT2D eigenvalue weighted by Crippen LogP contribution is 2.19. The zero-order valence-corrected chi connectivity index (χ0v) is 11.8. The number of sulfone groups is 1. The van der Waals surface area contributed by atoms with Crippen LogP contribution in [0.4, 0.5) is 4.39 Å². The van der Waals surface area contributed by atoms with Gasteiger partial charge in [-0.05, 0) is 36.1 Å². The average molecular weight is 273 g/mol. The zero-order chi connectivity index (χ0) is 13.9. The predicted molar refractivity (Wildman–Crippen MR) is 71.2 cm³/mol. The highest BCUT2D eigenvalue weighted by Gasteiger charge is 2.24. The van der Waals surface area contributed by atoms with E-state index in [1.54, 1.807) is 13.0 Å². The Morgan fingerprint density at radius 1 is 1.17 bits per heavy atom. The van der Waals surface area contributed by atoms with Gasteiger partial charge in [0.25, 0.3) is 0 Å². The number of halogens is 1. The molecule has 1 atom stereocenters. The lowest BCUT2D eigenvalue weighted by Crippen LogP contribution is -2.25. The van der Waals surface area contributed by atoms with Gasteiger partial charge in [0.2, 0.25) is 0 Å². The van der Waals surface area contributed by atoms with E-state index in [0.717, 1.165) is 0 Å². The van der Waals surface area contributed by atoms with Gasteiger partial charge in [0.1, 0.15) is 5.82 Å². The maximum absolute atomic E-state index is 13.3. The molecule has 1 unspecified atom stereocenters. The second kappa shape index (κ2) is 5.80. The molecule has 0 aromatic heterocycles. The van der Waals surface area contributed by atoms with Gasteiger partial charge in [-0.15, -0.1) is 0 Å². The Labute approximate surface area is 108 Å². The highest BCUT2D eigenvalue weighted by molar-refractivity contribution is 7.91. The lowest BCUT2D eigenvalue weighted by Gasteiger charge is -2.16. The minimum absolute atomic E-state index is 0.0394. The van der Waals surface area contributed by atoms with Crippen LogP contribution in [0.1, 0.15) is 31.9 Å². The summed E-state index contributed by atoms with van der Waals surface area (Å²) in [6.07, 6.45) is 0. The second-order valence-electron chi connectivity index (χ2n) is 4.93. The molecule has 2 N–H and O–H groups in total. The van der Waals surface area contributed by atoms with E-state index in [0.29, 0.717) is 11.1 Å². The van der Waals surface area contributed by atoms with Gasteiger partial charge < -0.3 is 5.73 Å². The van der Waals surface area contributed by atoms with Crippen molar-refractivity contribution in [2.75, 3.05) is 0 Å². The van der Waals surface area contributed by atoms with Crippen molar-refractivity contribution in [2.45, 2.75) is 38.3 Å². The van der Waals surface area contributed by atoms with Crippen LogP contribution < -0.4 is 5.73 Å². The molecule has 102 valence electrons. The maximum atomic E-state index is 13.3. The van der Waals surface area contributed by atoms with Crippen molar-refractivity contribution in [1.82, 2.24) is 0 Å². The van der Waals surface area contributed by atoms with Crippen LogP contribution in [0.2, 0.25) is 0 Å². The molecular formula is C13H20FNO2S. The van der Waals surface area contributed by atoms with Gasteiger partial charge >= 0.3 is 0 Å². The van der Waals surface area contributed by atoms with Crippen LogP contribution in [0.5, 0.6) is 0 Å². The van der Waals surface area contributed by atoms with E-state index in [-0.39, 0.29) is 18.2 Å². The SMILES string of the molecule is CC(C)C(C)S(=O)(=O)Cc1cc(F)cc(CN)c1. The van der Waals surface area contributed by atoms with E-state index in [2.05, 4.69) is 0 Å². The van der Waals surface area contributed by atoms with Crippen molar-refractivity contribution in [3.05, 3.63) is 35.1 Å². The summed E-state index contributed by atoms with van der Waals surface area (Å²) in [6.45, 7) is 5.60. The zero-order valence-electron chi connectivity index (χ0n) is 11.0. The van der Waals surface area contributed by atoms with Crippen molar-refractivity contribution >= 4 is 9.84 Å². The van der Waals surface area contributed by atoms with Crippen molar-refractivity contribution in [1.29, 1.82) is 0 Å². The van der Waals surface area contributed by atoms with Crippen LogP contribution in [0, 0.1) is 11.7 Å². The summed E-state index contributed by atoms with van der Waals surface area (Å²) >= 11 is 0. The topological polar surface area (TPSA) is 60.2 Å². The van der Waals surface area contributed by atoms with Gasteiger partial charge in [0.15, 0.2) is 9.84 Å². The third-order valence-electron chi connectivity index (χ3n) is 3.13. The van der Waals surface area contributed by atoms with Crippen LogP contribution in [0.25, 0.3) is 0 Å². The quantitative estimate of drug-likeness (QED) is 0.895. The molecule has 1 aromatic rings. The lowest BCUT2D eigenvalue weighted by atomic mass is 10.1. The van der Waals surface area contributed by atoms with Gasteiger partial charge in [-0.3, -0.25) is 0 Å². The van der Waals surface area contributed by atoms with Gasteiger partial charge in [-0.25, -0.2) is 12.8 Å². The average Bonchev–Trinajstić information content (AvgIpc) is 2.26. The Morgan fingerprint density at radius 2 is 1.72 bits per heavy atom. The van der Waals surface area contributed by atoms with Crippen LogP contribution in [0.15, 0.2) is 18.2 Å². The Kier molecular flexibility index (Phi) is 4.87. The molecule has 0 aliphatic carbocycles. The summed E-state index contributed by atoms with van der Waals surface area (Å²) < 4.78 is 37.5. The van der Waals surface area contributed by atoms with E-state index >= 15 is 0 Å². The van der Waals surface area contributed by atoms with Crippen molar-refractivity contribution in [3.8, 4) is 0 Å². The number of hydrogen-bond acceptors (Lipinski definition) is 3. The number of nitrogens with two attached hydrogens (primary N) is 1. The van der Waals surface area contributed by atoms with Crippen LogP contribution in [0.3, 0.4) is 0 Å². The first-order chi connectivity index (χ1) is 8.26. The van der Waals surface area contributed by atoms with Crippen molar-refractivity contribution in [2.24, 2.45) is 11.7 Å². The largest absolute Gasteiger partial charge is 0.326 e. The predicted octanol–water partition coefficient (Wildman–Crippen LogP) is 2.24. The summed E-state index contributed by atoms with van der Waals surface area (Å²) in [7, 11) is -3.26. The van der Waals surface area contributed by atoms with Gasteiger partial charge in [-0.1, -0.05) is 19.9 Å². The van der Waals surface area contributed by atoms with E-state index < -0.39 is 20.9 Å². The Morgan fingerprint density at radius 3 is 2.22 bits per heavy atom. The van der Waals surface area contributed by atoms with Gasteiger partial charge in [-0.2, -0.15) is 0 Å². The summed E-state index contributed by atoms with van der Waals surface area (Å²) in [5.41, 5.74) is 6.51. The fourth-order valence-corrected chi connectivity index (χ4v) is 3.42. The first kappa shape index (κ1) is 15.1. The summed E-state index contributed by atoms with van der Waals surface area (Å²) in [4.78, 5) is 0. The Bertz CT molecular complexity index is 512. The minimum Gasteiger partial charge on any atom is -0.326 e. The van der Waals surface area contributed by atoms with Crippen LogP contribution in [-0.2, 0) is 22.1 Å². The summed E-state index contributed by atoms with van der Waals surface area (Å²) in [5, 5.41) is -0.443. The molecule has 5 heteroatoms. The summed E-state index contributed by atoms with van der Waals surface area (Å²) in [5.74, 6) is -0.546. The maximum Gasteiger partial charge on any atom is 0.157 e. The van der Waals surface area contributed by atoms with E-state index in [1.165, 1.54) is 12.1 Å². The molecule has 1 aromatic carbocycles. The Hall–Kier alpha value is -0.940.